The van der Waals surface area contributed by atoms with Crippen LogP contribution in [0.15, 0.2) is 39.6 Å². The quantitative estimate of drug-likeness (QED) is 0.382. The van der Waals surface area contributed by atoms with Crippen LogP contribution in [0.5, 0.6) is 0 Å². The van der Waals surface area contributed by atoms with Gasteiger partial charge in [0.2, 0.25) is 5.91 Å². The lowest BCUT2D eigenvalue weighted by atomic mass is 10.1. The summed E-state index contributed by atoms with van der Waals surface area (Å²) in [5.74, 6) is 0.791. The zero-order valence-electron chi connectivity index (χ0n) is 19.1. The molecule has 0 saturated carbocycles. The predicted molar refractivity (Wildman–Crippen MR) is 128 cm³/mol. The van der Waals surface area contributed by atoms with Gasteiger partial charge in [-0.15, -0.1) is 0 Å². The highest BCUT2D eigenvalue weighted by Crippen LogP contribution is 2.23. The molecule has 0 atom stereocenters. The molecule has 0 spiro atoms. The molecule has 33 heavy (non-hydrogen) atoms. The number of benzene rings is 1. The van der Waals surface area contributed by atoms with E-state index in [9.17, 15) is 4.79 Å². The van der Waals surface area contributed by atoms with Crippen molar-refractivity contribution in [3.63, 3.8) is 0 Å². The summed E-state index contributed by atoms with van der Waals surface area (Å²) in [4.78, 5) is 26.6. The number of hydrogen-bond donors (Lipinski definition) is 1. The summed E-state index contributed by atoms with van der Waals surface area (Å²) in [7, 11) is 0. The SMILES string of the molecule is CCc1nc2ccc(-c3nc(CCNC(=O)C(C)(C)n4cc(Br)cn4)no3)cc2nc1CC. The topological polar surface area (TPSA) is 112 Å². The standard InChI is InChI=1S/C23H26BrN7O2/c1-5-16-17(6-2)28-19-11-14(7-8-18(19)27-16)21-29-20(30-33-21)9-10-25-22(32)23(3,4)31-13-15(24)12-26-31/h7-8,11-13H,5-6,9-10H2,1-4H3,(H,25,32). The molecule has 0 aliphatic carbocycles. The summed E-state index contributed by atoms with van der Waals surface area (Å²) >= 11 is 3.36. The van der Waals surface area contributed by atoms with Crippen LogP contribution in [0.25, 0.3) is 22.5 Å². The number of nitrogens with one attached hydrogen (secondary N) is 1. The first-order valence-electron chi connectivity index (χ1n) is 10.9. The monoisotopic (exact) mass is 511 g/mol. The molecule has 0 aliphatic rings. The van der Waals surface area contributed by atoms with Gasteiger partial charge in [-0.25, -0.2) is 9.97 Å². The third-order valence-corrected chi connectivity index (χ3v) is 5.93. The lowest BCUT2D eigenvalue weighted by Gasteiger charge is -2.24. The van der Waals surface area contributed by atoms with E-state index in [2.05, 4.69) is 50.3 Å². The Kier molecular flexibility index (Phi) is 6.55. The molecule has 3 heterocycles. The van der Waals surface area contributed by atoms with Gasteiger partial charge in [0, 0.05) is 24.7 Å². The Balaban J connectivity index is 1.42. The number of carbonyl (C=O) groups excluding carboxylic acids is 1. The van der Waals surface area contributed by atoms with Crippen LogP contribution >= 0.6 is 15.9 Å². The molecule has 9 nitrogen and oxygen atoms in total. The Morgan fingerprint density at radius 2 is 1.85 bits per heavy atom. The fraction of sp³-hybridized carbons (Fsp3) is 0.391. The molecular weight excluding hydrogens is 486 g/mol. The number of aryl methyl sites for hydroxylation is 2. The molecule has 0 unspecified atom stereocenters. The van der Waals surface area contributed by atoms with Crippen LogP contribution in [0.4, 0.5) is 0 Å². The van der Waals surface area contributed by atoms with Crippen molar-refractivity contribution in [2.45, 2.75) is 52.5 Å². The summed E-state index contributed by atoms with van der Waals surface area (Å²) in [5.41, 5.74) is 3.66. The van der Waals surface area contributed by atoms with E-state index >= 15 is 0 Å². The Hall–Kier alpha value is -3.14. The Bertz CT molecular complexity index is 1300. The number of halogens is 1. The zero-order valence-corrected chi connectivity index (χ0v) is 20.7. The molecule has 1 N–H and O–H groups in total. The molecule has 1 aromatic carbocycles. The van der Waals surface area contributed by atoms with Crippen molar-refractivity contribution in [3.8, 4) is 11.5 Å². The van der Waals surface area contributed by atoms with Crippen molar-refractivity contribution in [2.75, 3.05) is 6.54 Å². The van der Waals surface area contributed by atoms with Gasteiger partial charge in [0.1, 0.15) is 5.54 Å². The van der Waals surface area contributed by atoms with Gasteiger partial charge in [0.15, 0.2) is 5.82 Å². The highest BCUT2D eigenvalue weighted by molar-refractivity contribution is 9.10. The van der Waals surface area contributed by atoms with E-state index in [0.717, 1.165) is 45.3 Å². The van der Waals surface area contributed by atoms with E-state index < -0.39 is 5.54 Å². The smallest absolute Gasteiger partial charge is 0.258 e. The molecular formula is C23H26BrN7O2. The molecule has 3 aromatic heterocycles. The summed E-state index contributed by atoms with van der Waals surface area (Å²) in [6, 6.07) is 5.76. The van der Waals surface area contributed by atoms with E-state index in [1.807, 2.05) is 32.0 Å². The third-order valence-electron chi connectivity index (χ3n) is 5.52. The minimum absolute atomic E-state index is 0.145. The normalized spacial score (nSPS) is 11.8. The van der Waals surface area contributed by atoms with Gasteiger partial charge in [-0.3, -0.25) is 9.48 Å². The van der Waals surface area contributed by atoms with E-state index in [1.165, 1.54) is 0 Å². The number of carbonyl (C=O) groups is 1. The van der Waals surface area contributed by atoms with Crippen LogP contribution in [0.3, 0.4) is 0 Å². The van der Waals surface area contributed by atoms with Crippen molar-refractivity contribution >= 4 is 32.9 Å². The number of hydrogen-bond acceptors (Lipinski definition) is 7. The molecule has 4 rings (SSSR count). The van der Waals surface area contributed by atoms with Gasteiger partial charge in [-0.1, -0.05) is 19.0 Å². The van der Waals surface area contributed by atoms with Crippen molar-refractivity contribution in [1.29, 1.82) is 0 Å². The van der Waals surface area contributed by atoms with E-state index in [-0.39, 0.29) is 5.91 Å². The van der Waals surface area contributed by atoms with Crippen molar-refractivity contribution in [3.05, 3.63) is 52.3 Å². The molecule has 0 bridgehead atoms. The number of aromatic nitrogens is 6. The average Bonchev–Trinajstić information content (AvgIpc) is 3.47. The maximum atomic E-state index is 12.6. The first-order chi connectivity index (χ1) is 15.8. The molecule has 0 aliphatic heterocycles. The fourth-order valence-corrected chi connectivity index (χ4v) is 3.80. The highest BCUT2D eigenvalue weighted by atomic mass is 79.9. The summed E-state index contributed by atoms with van der Waals surface area (Å²) in [6.45, 7) is 8.17. The van der Waals surface area contributed by atoms with Gasteiger partial charge in [0.05, 0.1) is 33.1 Å². The predicted octanol–water partition coefficient (Wildman–Crippen LogP) is 3.86. The summed E-state index contributed by atoms with van der Waals surface area (Å²) in [6.07, 6.45) is 5.56. The van der Waals surface area contributed by atoms with Crippen molar-refractivity contribution in [2.24, 2.45) is 0 Å². The van der Waals surface area contributed by atoms with Crippen LogP contribution < -0.4 is 5.32 Å². The Morgan fingerprint density at radius 3 is 2.52 bits per heavy atom. The minimum Gasteiger partial charge on any atom is -0.354 e. The van der Waals surface area contributed by atoms with Gasteiger partial charge in [-0.2, -0.15) is 10.1 Å². The van der Waals surface area contributed by atoms with E-state index in [0.29, 0.717) is 24.7 Å². The summed E-state index contributed by atoms with van der Waals surface area (Å²) in [5, 5.41) is 11.2. The van der Waals surface area contributed by atoms with E-state index in [4.69, 9.17) is 14.5 Å². The Morgan fingerprint density at radius 1 is 1.12 bits per heavy atom. The minimum atomic E-state index is -0.824. The average molecular weight is 512 g/mol. The molecule has 1 amide bonds. The number of rotatable bonds is 8. The maximum Gasteiger partial charge on any atom is 0.258 e. The maximum absolute atomic E-state index is 12.6. The highest BCUT2D eigenvalue weighted by Gasteiger charge is 2.30. The second-order valence-corrected chi connectivity index (χ2v) is 9.13. The van der Waals surface area contributed by atoms with E-state index in [1.54, 1.807) is 17.1 Å². The third kappa shape index (κ3) is 4.80. The lowest BCUT2D eigenvalue weighted by molar-refractivity contribution is -0.128. The van der Waals surface area contributed by atoms with Gasteiger partial charge >= 0.3 is 0 Å². The fourth-order valence-electron chi connectivity index (χ4n) is 3.51. The van der Waals surface area contributed by atoms with Crippen LogP contribution in [0.2, 0.25) is 0 Å². The van der Waals surface area contributed by atoms with Gasteiger partial charge in [-0.05, 0) is 60.8 Å². The Labute approximate surface area is 200 Å². The zero-order chi connectivity index (χ0) is 23.6. The van der Waals surface area contributed by atoms with Crippen molar-refractivity contribution < 1.29 is 9.32 Å². The molecule has 0 radical (unpaired) electrons. The van der Waals surface area contributed by atoms with Gasteiger partial charge < -0.3 is 9.84 Å². The number of fused-ring (bicyclic) bond motifs is 1. The summed E-state index contributed by atoms with van der Waals surface area (Å²) < 4.78 is 7.90. The van der Waals surface area contributed by atoms with Crippen molar-refractivity contribution in [1.82, 2.24) is 35.2 Å². The second kappa shape index (κ2) is 9.38. The number of nitrogens with zero attached hydrogens (tertiary/aromatic N) is 6. The first-order valence-corrected chi connectivity index (χ1v) is 11.7. The number of amides is 1. The van der Waals surface area contributed by atoms with Crippen LogP contribution in [-0.2, 0) is 29.6 Å². The van der Waals surface area contributed by atoms with Crippen LogP contribution in [0.1, 0.15) is 44.9 Å². The van der Waals surface area contributed by atoms with Crippen LogP contribution in [0, 0.1) is 0 Å². The lowest BCUT2D eigenvalue weighted by Crippen LogP contribution is -2.45. The molecule has 172 valence electrons. The molecule has 0 saturated heterocycles. The molecule has 10 heteroatoms. The molecule has 4 aromatic rings. The van der Waals surface area contributed by atoms with Crippen LogP contribution in [-0.4, -0.2) is 42.3 Å². The second-order valence-electron chi connectivity index (χ2n) is 8.21. The van der Waals surface area contributed by atoms with Gasteiger partial charge in [0.25, 0.3) is 5.89 Å². The largest absolute Gasteiger partial charge is 0.354 e. The molecule has 0 fully saturated rings. The first kappa shape index (κ1) is 23.0.